The predicted octanol–water partition coefficient (Wildman–Crippen LogP) is 4.54. The lowest BCUT2D eigenvalue weighted by atomic mass is 10.0. The molecular weight excluding hydrogens is 266 g/mol. The summed E-state index contributed by atoms with van der Waals surface area (Å²) in [6.07, 6.45) is 16.0. The molecule has 0 amide bonds. The fourth-order valence-electron chi connectivity index (χ4n) is 2.58. The summed E-state index contributed by atoms with van der Waals surface area (Å²) < 4.78 is 0. The highest BCUT2D eigenvalue weighted by molar-refractivity contribution is 4.55. The van der Waals surface area contributed by atoms with Crippen LogP contribution in [0.5, 0.6) is 0 Å². The number of aliphatic hydroxyl groups is 2. The summed E-state index contributed by atoms with van der Waals surface area (Å²) in [7, 11) is 0. The standard InChI is InChI=1S/C17H36NO3/c1-2-3-4-5-6-7-8-9-10-11-12-13-14-15-16-18(21)17(19)20/h17,19-20H,2-16H2,1H3/q-1. The van der Waals surface area contributed by atoms with Crippen molar-refractivity contribution >= 4 is 0 Å². The quantitative estimate of drug-likeness (QED) is 0.250. The molecule has 21 heavy (non-hydrogen) atoms. The monoisotopic (exact) mass is 302 g/mol. The maximum atomic E-state index is 10.9. The molecule has 4 nitrogen and oxygen atoms in total. The summed E-state index contributed by atoms with van der Waals surface area (Å²) in [4.78, 5) is 0. The van der Waals surface area contributed by atoms with Gasteiger partial charge in [-0.1, -0.05) is 90.4 Å². The lowest BCUT2D eigenvalue weighted by Gasteiger charge is -2.29. The lowest BCUT2D eigenvalue weighted by Crippen LogP contribution is -2.30. The van der Waals surface area contributed by atoms with Gasteiger partial charge in [0, 0.05) is 0 Å². The average molecular weight is 302 g/mol. The SMILES string of the molecule is CCCCCCCCCCCCCCCCN([O-])C(O)O. The molecule has 0 unspecified atom stereocenters. The largest absolute Gasteiger partial charge is 0.782 e. The summed E-state index contributed by atoms with van der Waals surface area (Å²) in [5.74, 6) is 0. The molecule has 4 heteroatoms. The van der Waals surface area contributed by atoms with Gasteiger partial charge >= 0.3 is 0 Å². The van der Waals surface area contributed by atoms with Gasteiger partial charge in [-0.2, -0.15) is 0 Å². The number of unbranched alkanes of at least 4 members (excludes halogenated alkanes) is 13. The van der Waals surface area contributed by atoms with Crippen molar-refractivity contribution < 1.29 is 10.2 Å². The Morgan fingerprint density at radius 2 is 1.00 bits per heavy atom. The van der Waals surface area contributed by atoms with Gasteiger partial charge in [-0.3, -0.25) is 0 Å². The second kappa shape index (κ2) is 16.2. The van der Waals surface area contributed by atoms with Gasteiger partial charge in [-0.15, -0.1) is 0 Å². The van der Waals surface area contributed by atoms with Crippen molar-refractivity contribution in [1.29, 1.82) is 0 Å². The van der Waals surface area contributed by atoms with E-state index in [9.17, 15) is 5.21 Å². The number of hydroxylamine groups is 2. The molecule has 0 fully saturated rings. The number of hydrogen-bond acceptors (Lipinski definition) is 4. The van der Waals surface area contributed by atoms with Crippen molar-refractivity contribution in [3.63, 3.8) is 0 Å². The molecule has 0 aliphatic heterocycles. The van der Waals surface area contributed by atoms with Gasteiger partial charge in [0.05, 0.1) is 0 Å². The molecular formula is C17H36NO3-. The van der Waals surface area contributed by atoms with Crippen LogP contribution < -0.4 is 0 Å². The first kappa shape index (κ1) is 20.8. The molecule has 0 bridgehead atoms. The van der Waals surface area contributed by atoms with Crippen LogP contribution in [-0.4, -0.2) is 28.2 Å². The molecule has 0 heterocycles. The highest BCUT2D eigenvalue weighted by atomic mass is 16.6. The van der Waals surface area contributed by atoms with Gasteiger partial charge in [0.25, 0.3) is 0 Å². The first-order valence-electron chi connectivity index (χ1n) is 8.98. The van der Waals surface area contributed by atoms with Crippen molar-refractivity contribution in [2.75, 3.05) is 6.54 Å². The van der Waals surface area contributed by atoms with Gasteiger partial charge in [0.2, 0.25) is 6.41 Å². The minimum atomic E-state index is -1.85. The van der Waals surface area contributed by atoms with Gasteiger partial charge in [-0.25, -0.2) is 0 Å². The Hall–Kier alpha value is -0.160. The average Bonchev–Trinajstić information content (AvgIpc) is 2.47. The van der Waals surface area contributed by atoms with Gasteiger partial charge < -0.3 is 20.5 Å². The molecule has 0 rings (SSSR count). The van der Waals surface area contributed by atoms with Crippen LogP contribution in [0.2, 0.25) is 0 Å². The van der Waals surface area contributed by atoms with Crippen LogP contribution in [0.25, 0.3) is 0 Å². The summed E-state index contributed by atoms with van der Waals surface area (Å²) in [5.41, 5.74) is 0. The molecule has 2 N–H and O–H groups in total. The van der Waals surface area contributed by atoms with Crippen LogP contribution >= 0.6 is 0 Å². The Morgan fingerprint density at radius 3 is 1.33 bits per heavy atom. The summed E-state index contributed by atoms with van der Waals surface area (Å²) in [5, 5.41) is 28.4. The molecule has 0 aliphatic carbocycles. The second-order valence-corrected chi connectivity index (χ2v) is 6.08. The number of nitrogens with zero attached hydrogens (tertiary/aromatic N) is 1. The van der Waals surface area contributed by atoms with E-state index in [0.29, 0.717) is 5.06 Å². The van der Waals surface area contributed by atoms with Crippen molar-refractivity contribution in [2.45, 2.75) is 103 Å². The first-order chi connectivity index (χ1) is 10.2. The van der Waals surface area contributed by atoms with E-state index in [1.165, 1.54) is 70.6 Å². The Labute approximate surface area is 131 Å². The molecule has 0 aromatic carbocycles. The third kappa shape index (κ3) is 16.0. The van der Waals surface area contributed by atoms with Gasteiger partial charge in [-0.05, 0) is 13.0 Å². The Bertz CT molecular complexity index is 200. The van der Waals surface area contributed by atoms with E-state index in [4.69, 9.17) is 10.2 Å². The summed E-state index contributed by atoms with van der Waals surface area (Å²) in [6, 6.07) is 0. The Balaban J connectivity index is 3.03. The zero-order chi connectivity index (χ0) is 15.8. The van der Waals surface area contributed by atoms with E-state index in [1.807, 2.05) is 0 Å². The van der Waals surface area contributed by atoms with Gasteiger partial charge in [0.15, 0.2) is 0 Å². The molecule has 0 spiro atoms. The zero-order valence-corrected chi connectivity index (χ0v) is 13.9. The van der Waals surface area contributed by atoms with Crippen LogP contribution in [0.15, 0.2) is 0 Å². The van der Waals surface area contributed by atoms with Crippen molar-refractivity contribution in [3.05, 3.63) is 5.21 Å². The zero-order valence-electron chi connectivity index (χ0n) is 13.9. The van der Waals surface area contributed by atoms with Crippen molar-refractivity contribution in [3.8, 4) is 0 Å². The van der Waals surface area contributed by atoms with Gasteiger partial charge in [0.1, 0.15) is 0 Å². The third-order valence-corrected chi connectivity index (χ3v) is 3.99. The molecule has 0 saturated carbocycles. The van der Waals surface area contributed by atoms with Crippen molar-refractivity contribution in [1.82, 2.24) is 5.06 Å². The van der Waals surface area contributed by atoms with Crippen molar-refractivity contribution in [2.24, 2.45) is 0 Å². The molecule has 0 aromatic heterocycles. The normalized spacial score (nSPS) is 11.7. The fraction of sp³-hybridized carbons (Fsp3) is 1.00. The molecule has 0 atom stereocenters. The maximum Gasteiger partial charge on any atom is 0.201 e. The van der Waals surface area contributed by atoms with E-state index in [1.54, 1.807) is 0 Å². The predicted molar refractivity (Wildman–Crippen MR) is 88.6 cm³/mol. The van der Waals surface area contributed by atoms with E-state index in [0.717, 1.165) is 19.3 Å². The minimum absolute atomic E-state index is 0.218. The number of hydrogen-bond donors (Lipinski definition) is 2. The second-order valence-electron chi connectivity index (χ2n) is 6.08. The van der Waals surface area contributed by atoms with Crippen LogP contribution in [0.3, 0.4) is 0 Å². The third-order valence-electron chi connectivity index (χ3n) is 3.99. The van der Waals surface area contributed by atoms with Crippen LogP contribution in [0, 0.1) is 5.21 Å². The minimum Gasteiger partial charge on any atom is -0.782 e. The molecule has 0 aromatic rings. The first-order valence-corrected chi connectivity index (χ1v) is 8.98. The fourth-order valence-corrected chi connectivity index (χ4v) is 2.58. The molecule has 0 radical (unpaired) electrons. The Kier molecular flexibility index (Phi) is 16.1. The number of rotatable bonds is 16. The van der Waals surface area contributed by atoms with E-state index in [2.05, 4.69) is 6.92 Å². The maximum absolute atomic E-state index is 10.9. The van der Waals surface area contributed by atoms with Crippen LogP contribution in [0.4, 0.5) is 0 Å². The van der Waals surface area contributed by atoms with E-state index < -0.39 is 6.41 Å². The topological polar surface area (TPSA) is 66.8 Å². The summed E-state index contributed by atoms with van der Waals surface area (Å²) >= 11 is 0. The highest BCUT2D eigenvalue weighted by Crippen LogP contribution is 2.13. The smallest absolute Gasteiger partial charge is 0.201 e. The lowest BCUT2D eigenvalue weighted by molar-refractivity contribution is -0.135. The van der Waals surface area contributed by atoms with E-state index in [-0.39, 0.29) is 6.54 Å². The molecule has 0 saturated heterocycles. The van der Waals surface area contributed by atoms with E-state index >= 15 is 0 Å². The summed E-state index contributed by atoms with van der Waals surface area (Å²) in [6.45, 7) is 2.47. The number of aliphatic hydroxyl groups excluding tert-OH is 1. The molecule has 128 valence electrons. The molecule has 0 aliphatic rings. The Morgan fingerprint density at radius 1 is 0.667 bits per heavy atom. The highest BCUT2D eigenvalue weighted by Gasteiger charge is 1.99. The van der Waals surface area contributed by atoms with Crippen LogP contribution in [0.1, 0.15) is 96.8 Å². The van der Waals surface area contributed by atoms with Crippen LogP contribution in [-0.2, 0) is 0 Å².